The molecule has 0 aliphatic heterocycles. The van der Waals surface area contributed by atoms with Gasteiger partial charge in [0.2, 0.25) is 0 Å². The Hall–Kier alpha value is -1.64. The maximum Gasteiger partial charge on any atom is 0.0421 e. The molecule has 2 heteroatoms. The largest absolute Gasteiger partial charge is 0.323 e. The third-order valence-electron chi connectivity index (χ3n) is 3.84. The molecule has 0 spiro atoms. The Morgan fingerprint density at radius 2 is 1.62 bits per heavy atom. The van der Waals surface area contributed by atoms with Crippen LogP contribution in [-0.2, 0) is 12.8 Å². The first-order valence-electron chi connectivity index (χ1n) is 7.88. The van der Waals surface area contributed by atoms with Gasteiger partial charge in [-0.25, -0.2) is 0 Å². The summed E-state index contributed by atoms with van der Waals surface area (Å²) in [6.07, 6.45) is 3.38. The van der Waals surface area contributed by atoms with Crippen LogP contribution in [0.2, 0.25) is 0 Å². The van der Waals surface area contributed by atoms with Crippen molar-refractivity contribution in [2.45, 2.75) is 32.2 Å². The number of aryl methyl sites for hydroxylation is 2. The van der Waals surface area contributed by atoms with Gasteiger partial charge in [0.05, 0.1) is 0 Å². The van der Waals surface area contributed by atoms with Gasteiger partial charge in [-0.3, -0.25) is 0 Å². The van der Waals surface area contributed by atoms with E-state index >= 15 is 0 Å². The highest BCUT2D eigenvalue weighted by Crippen LogP contribution is 2.09. The lowest BCUT2D eigenvalue weighted by molar-refractivity contribution is 0.582. The topological polar surface area (TPSA) is 38.0 Å². The highest BCUT2D eigenvalue weighted by atomic mass is 14.9. The lowest BCUT2D eigenvalue weighted by atomic mass is 10.1. The molecule has 2 aromatic rings. The van der Waals surface area contributed by atoms with E-state index in [0.717, 1.165) is 32.4 Å². The zero-order chi connectivity index (χ0) is 14.9. The molecule has 112 valence electrons. The smallest absolute Gasteiger partial charge is 0.0421 e. The average Bonchev–Trinajstić information content (AvgIpc) is 2.55. The summed E-state index contributed by atoms with van der Waals surface area (Å²) < 4.78 is 0. The van der Waals surface area contributed by atoms with E-state index in [1.165, 1.54) is 16.7 Å². The lowest BCUT2D eigenvalue weighted by Gasteiger charge is -2.13. The fourth-order valence-electron chi connectivity index (χ4n) is 2.43. The van der Waals surface area contributed by atoms with E-state index in [9.17, 15) is 0 Å². The van der Waals surface area contributed by atoms with E-state index in [2.05, 4.69) is 48.6 Å². The van der Waals surface area contributed by atoms with E-state index in [1.54, 1.807) is 0 Å². The molecule has 21 heavy (non-hydrogen) atoms. The van der Waals surface area contributed by atoms with Crippen molar-refractivity contribution in [3.8, 4) is 0 Å². The summed E-state index contributed by atoms with van der Waals surface area (Å²) in [4.78, 5) is 0. The van der Waals surface area contributed by atoms with Gasteiger partial charge in [0, 0.05) is 12.6 Å². The van der Waals surface area contributed by atoms with Gasteiger partial charge >= 0.3 is 0 Å². The molecule has 2 rings (SSSR count). The van der Waals surface area contributed by atoms with Crippen LogP contribution in [0.15, 0.2) is 54.6 Å². The maximum atomic E-state index is 6.16. The average molecular weight is 282 g/mol. The Morgan fingerprint density at radius 3 is 2.29 bits per heavy atom. The Labute approximate surface area is 128 Å². The first-order chi connectivity index (χ1) is 10.3. The quantitative estimate of drug-likeness (QED) is 0.728. The molecule has 0 aliphatic carbocycles. The van der Waals surface area contributed by atoms with Gasteiger partial charge in [-0.2, -0.15) is 0 Å². The highest BCUT2D eigenvalue weighted by Gasteiger charge is 2.03. The Bertz CT molecular complexity index is 505. The Kier molecular flexibility index (Phi) is 6.45. The summed E-state index contributed by atoms with van der Waals surface area (Å²) in [6, 6.07) is 19.3. The third kappa shape index (κ3) is 5.33. The van der Waals surface area contributed by atoms with Crippen molar-refractivity contribution in [3.05, 3.63) is 71.3 Å². The van der Waals surface area contributed by atoms with Gasteiger partial charge in [-0.15, -0.1) is 0 Å². The third-order valence-corrected chi connectivity index (χ3v) is 3.84. The van der Waals surface area contributed by atoms with Crippen molar-refractivity contribution < 1.29 is 0 Å². The fraction of sp³-hybridized carbons (Fsp3) is 0.368. The van der Waals surface area contributed by atoms with Gasteiger partial charge < -0.3 is 11.1 Å². The van der Waals surface area contributed by atoms with Gasteiger partial charge in [0.15, 0.2) is 0 Å². The van der Waals surface area contributed by atoms with Crippen molar-refractivity contribution in [1.82, 2.24) is 5.32 Å². The normalized spacial score (nSPS) is 12.3. The molecular formula is C19H26N2. The molecule has 0 aromatic heterocycles. The monoisotopic (exact) mass is 282 g/mol. The summed E-state index contributed by atoms with van der Waals surface area (Å²) in [5, 5.41) is 3.45. The van der Waals surface area contributed by atoms with Gasteiger partial charge in [0.25, 0.3) is 0 Å². The Morgan fingerprint density at radius 1 is 0.952 bits per heavy atom. The van der Waals surface area contributed by atoms with Gasteiger partial charge in [-0.05, 0) is 42.5 Å². The lowest BCUT2D eigenvalue weighted by Crippen LogP contribution is -2.27. The molecule has 2 aromatic carbocycles. The highest BCUT2D eigenvalue weighted by molar-refractivity contribution is 5.22. The molecule has 3 N–H and O–H groups in total. The molecule has 0 aliphatic rings. The van der Waals surface area contributed by atoms with E-state index in [1.807, 2.05) is 18.2 Å². The number of nitrogens with two attached hydrogens (primary N) is 1. The minimum atomic E-state index is 0.0787. The molecule has 0 amide bonds. The first kappa shape index (κ1) is 15.7. The van der Waals surface area contributed by atoms with Crippen LogP contribution in [0.3, 0.4) is 0 Å². The molecule has 1 unspecified atom stereocenters. The minimum Gasteiger partial charge on any atom is -0.323 e. The van der Waals surface area contributed by atoms with E-state index in [-0.39, 0.29) is 6.04 Å². The van der Waals surface area contributed by atoms with Crippen LogP contribution in [-0.4, -0.2) is 13.1 Å². The van der Waals surface area contributed by atoms with Crippen molar-refractivity contribution in [2.24, 2.45) is 5.73 Å². The second-order valence-electron chi connectivity index (χ2n) is 5.49. The standard InChI is InChI=1S/C19H26N2/c1-2-16-10-12-17(13-11-16)7-6-14-21-15-19(20)18-8-4-3-5-9-18/h3-5,8-13,19,21H,2,6-7,14-15,20H2,1H3. The van der Waals surface area contributed by atoms with E-state index < -0.39 is 0 Å². The second kappa shape index (κ2) is 8.60. The zero-order valence-electron chi connectivity index (χ0n) is 12.9. The van der Waals surface area contributed by atoms with Crippen molar-refractivity contribution in [1.29, 1.82) is 0 Å². The summed E-state index contributed by atoms with van der Waals surface area (Å²) in [6.45, 7) is 4.03. The first-order valence-corrected chi connectivity index (χ1v) is 7.88. The predicted octanol–water partition coefficient (Wildman–Crippen LogP) is 3.47. The number of benzene rings is 2. The molecule has 2 nitrogen and oxygen atoms in total. The number of hydrogen-bond acceptors (Lipinski definition) is 2. The summed E-state index contributed by atoms with van der Waals surface area (Å²) in [5.41, 5.74) is 10.2. The van der Waals surface area contributed by atoms with Crippen molar-refractivity contribution in [2.75, 3.05) is 13.1 Å². The van der Waals surface area contributed by atoms with E-state index in [0.29, 0.717) is 0 Å². The number of hydrogen-bond donors (Lipinski definition) is 2. The van der Waals surface area contributed by atoms with Crippen LogP contribution in [0.4, 0.5) is 0 Å². The van der Waals surface area contributed by atoms with Gasteiger partial charge in [0.1, 0.15) is 0 Å². The van der Waals surface area contributed by atoms with Crippen LogP contribution >= 0.6 is 0 Å². The predicted molar refractivity (Wildman–Crippen MR) is 90.4 cm³/mol. The summed E-state index contributed by atoms with van der Waals surface area (Å²) >= 11 is 0. The number of nitrogens with one attached hydrogen (secondary N) is 1. The summed E-state index contributed by atoms with van der Waals surface area (Å²) in [5.74, 6) is 0. The molecule has 0 saturated heterocycles. The van der Waals surface area contributed by atoms with E-state index in [4.69, 9.17) is 5.73 Å². The Balaban J connectivity index is 1.63. The van der Waals surface area contributed by atoms with Crippen LogP contribution in [0.5, 0.6) is 0 Å². The van der Waals surface area contributed by atoms with Crippen LogP contribution < -0.4 is 11.1 Å². The zero-order valence-corrected chi connectivity index (χ0v) is 12.9. The van der Waals surface area contributed by atoms with Crippen LogP contribution in [0, 0.1) is 0 Å². The van der Waals surface area contributed by atoms with Crippen molar-refractivity contribution >= 4 is 0 Å². The second-order valence-corrected chi connectivity index (χ2v) is 5.49. The van der Waals surface area contributed by atoms with Crippen LogP contribution in [0.25, 0.3) is 0 Å². The summed E-state index contributed by atoms with van der Waals surface area (Å²) in [7, 11) is 0. The molecule has 0 bridgehead atoms. The molecule has 0 heterocycles. The SMILES string of the molecule is CCc1ccc(CCCNCC(N)c2ccccc2)cc1. The maximum absolute atomic E-state index is 6.16. The minimum absolute atomic E-state index is 0.0787. The van der Waals surface area contributed by atoms with Crippen molar-refractivity contribution in [3.63, 3.8) is 0 Å². The molecule has 0 radical (unpaired) electrons. The fourth-order valence-corrected chi connectivity index (χ4v) is 2.43. The molecule has 0 fully saturated rings. The molecular weight excluding hydrogens is 256 g/mol. The molecule has 0 saturated carbocycles. The van der Waals surface area contributed by atoms with Gasteiger partial charge in [-0.1, -0.05) is 61.5 Å². The molecule has 1 atom stereocenters. The van der Waals surface area contributed by atoms with Crippen LogP contribution in [0.1, 0.15) is 36.1 Å². The number of rotatable bonds is 8.